The minimum absolute atomic E-state index is 0.0107. The van der Waals surface area contributed by atoms with Gasteiger partial charge in [-0.25, -0.2) is 0 Å². The Kier molecular flexibility index (Phi) is 4.79. The molecule has 25 heavy (non-hydrogen) atoms. The van der Waals surface area contributed by atoms with Gasteiger partial charge in [0.2, 0.25) is 11.8 Å². The van der Waals surface area contributed by atoms with E-state index in [2.05, 4.69) is 10.6 Å². The molecule has 1 unspecified atom stereocenters. The topological polar surface area (TPSA) is 78.5 Å². The van der Waals surface area contributed by atoms with E-state index in [9.17, 15) is 14.4 Å². The number of hydrogen-bond donors (Lipinski definition) is 2. The van der Waals surface area contributed by atoms with Gasteiger partial charge in [-0.2, -0.15) is 0 Å². The fraction of sp³-hybridized carbons (Fsp3) is 0.211. The van der Waals surface area contributed by atoms with Crippen LogP contribution in [0.2, 0.25) is 0 Å². The number of para-hydroxylation sites is 1. The van der Waals surface area contributed by atoms with Crippen LogP contribution in [0.1, 0.15) is 23.7 Å². The fourth-order valence-electron chi connectivity index (χ4n) is 2.87. The highest BCUT2D eigenvalue weighted by Crippen LogP contribution is 2.21. The van der Waals surface area contributed by atoms with Crippen molar-refractivity contribution in [2.24, 2.45) is 0 Å². The van der Waals surface area contributed by atoms with Gasteiger partial charge in [0, 0.05) is 36.8 Å². The molecule has 1 atom stereocenters. The van der Waals surface area contributed by atoms with Gasteiger partial charge in [-0.1, -0.05) is 24.3 Å². The molecule has 2 aromatic carbocycles. The summed E-state index contributed by atoms with van der Waals surface area (Å²) in [7, 11) is 0. The molecule has 1 fully saturated rings. The number of benzene rings is 2. The molecule has 1 heterocycles. The smallest absolute Gasteiger partial charge is 0.251 e. The Balaban J connectivity index is 1.66. The number of rotatable bonds is 4. The van der Waals surface area contributed by atoms with Crippen LogP contribution in [0.4, 0.5) is 11.4 Å². The minimum atomic E-state index is -0.264. The molecule has 0 bridgehead atoms. The Morgan fingerprint density at radius 3 is 2.56 bits per heavy atom. The van der Waals surface area contributed by atoms with E-state index in [0.29, 0.717) is 17.8 Å². The molecule has 0 radical (unpaired) electrons. The zero-order valence-electron chi connectivity index (χ0n) is 13.9. The standard InChI is InChI=1S/C19H19N3O3/c1-13(23)20-15-7-5-6-14(10-15)19(25)21-16-11-18(24)22(12-16)17-8-3-2-4-9-17/h2-10,16H,11-12H2,1H3,(H,20,23)(H,21,25). The fourth-order valence-corrected chi connectivity index (χ4v) is 2.87. The number of carbonyl (C=O) groups is 3. The quantitative estimate of drug-likeness (QED) is 0.897. The molecule has 2 N–H and O–H groups in total. The SMILES string of the molecule is CC(=O)Nc1cccc(C(=O)NC2CC(=O)N(c3ccccc3)C2)c1. The van der Waals surface area contributed by atoms with E-state index >= 15 is 0 Å². The number of hydrogen-bond acceptors (Lipinski definition) is 3. The average molecular weight is 337 g/mol. The Morgan fingerprint density at radius 2 is 1.84 bits per heavy atom. The highest BCUT2D eigenvalue weighted by atomic mass is 16.2. The van der Waals surface area contributed by atoms with Gasteiger partial charge in [0.1, 0.15) is 0 Å². The summed E-state index contributed by atoms with van der Waals surface area (Å²) in [6, 6.07) is 15.9. The molecule has 0 saturated carbocycles. The van der Waals surface area contributed by atoms with Gasteiger partial charge in [-0.05, 0) is 30.3 Å². The monoisotopic (exact) mass is 337 g/mol. The molecule has 1 saturated heterocycles. The van der Waals surface area contributed by atoms with E-state index in [4.69, 9.17) is 0 Å². The van der Waals surface area contributed by atoms with Gasteiger partial charge in [0.15, 0.2) is 0 Å². The van der Waals surface area contributed by atoms with Gasteiger partial charge in [-0.3, -0.25) is 14.4 Å². The van der Waals surface area contributed by atoms with Crippen LogP contribution >= 0.6 is 0 Å². The normalized spacial score (nSPS) is 16.6. The van der Waals surface area contributed by atoms with Crippen LogP contribution in [0.25, 0.3) is 0 Å². The minimum Gasteiger partial charge on any atom is -0.347 e. The maximum Gasteiger partial charge on any atom is 0.251 e. The van der Waals surface area contributed by atoms with Gasteiger partial charge < -0.3 is 15.5 Å². The number of carbonyl (C=O) groups excluding carboxylic acids is 3. The molecule has 6 heteroatoms. The summed E-state index contributed by atoms with van der Waals surface area (Å²) in [5, 5.41) is 5.54. The first-order valence-corrected chi connectivity index (χ1v) is 8.07. The zero-order valence-corrected chi connectivity index (χ0v) is 13.9. The van der Waals surface area contributed by atoms with E-state index in [1.165, 1.54) is 6.92 Å². The average Bonchev–Trinajstić information content (AvgIpc) is 2.95. The lowest BCUT2D eigenvalue weighted by molar-refractivity contribution is -0.117. The van der Waals surface area contributed by atoms with E-state index in [1.807, 2.05) is 30.3 Å². The van der Waals surface area contributed by atoms with Crippen molar-refractivity contribution < 1.29 is 14.4 Å². The van der Waals surface area contributed by atoms with Crippen LogP contribution in [0.15, 0.2) is 54.6 Å². The van der Waals surface area contributed by atoms with Crippen molar-refractivity contribution in [1.29, 1.82) is 0 Å². The van der Waals surface area contributed by atoms with Gasteiger partial charge in [-0.15, -0.1) is 0 Å². The van der Waals surface area contributed by atoms with Gasteiger partial charge in [0.25, 0.3) is 5.91 Å². The molecular weight excluding hydrogens is 318 g/mol. The van der Waals surface area contributed by atoms with Crippen molar-refractivity contribution in [3.8, 4) is 0 Å². The summed E-state index contributed by atoms with van der Waals surface area (Å²) >= 11 is 0. The molecule has 2 aromatic rings. The van der Waals surface area contributed by atoms with E-state index < -0.39 is 0 Å². The lowest BCUT2D eigenvalue weighted by Crippen LogP contribution is -2.37. The Hall–Kier alpha value is -3.15. The molecule has 1 aliphatic rings. The van der Waals surface area contributed by atoms with Gasteiger partial charge in [0.05, 0.1) is 6.04 Å². The van der Waals surface area contributed by atoms with Crippen molar-refractivity contribution in [1.82, 2.24) is 5.32 Å². The number of anilines is 2. The summed E-state index contributed by atoms with van der Waals surface area (Å²) in [6.45, 7) is 1.86. The lowest BCUT2D eigenvalue weighted by atomic mass is 10.1. The Bertz CT molecular complexity index is 805. The van der Waals surface area contributed by atoms with Crippen LogP contribution in [0.3, 0.4) is 0 Å². The highest BCUT2D eigenvalue weighted by Gasteiger charge is 2.31. The van der Waals surface area contributed by atoms with E-state index in [-0.39, 0.29) is 30.2 Å². The third-order valence-corrected chi connectivity index (χ3v) is 3.97. The second-order valence-electron chi connectivity index (χ2n) is 5.98. The van der Waals surface area contributed by atoms with Crippen molar-refractivity contribution in [2.45, 2.75) is 19.4 Å². The molecule has 0 aliphatic carbocycles. The maximum absolute atomic E-state index is 12.4. The largest absolute Gasteiger partial charge is 0.347 e. The molecule has 128 valence electrons. The number of nitrogens with one attached hydrogen (secondary N) is 2. The summed E-state index contributed by atoms with van der Waals surface area (Å²) in [4.78, 5) is 37.4. The molecule has 1 aliphatic heterocycles. The van der Waals surface area contributed by atoms with Crippen molar-refractivity contribution in [3.05, 3.63) is 60.2 Å². The van der Waals surface area contributed by atoms with Crippen molar-refractivity contribution in [2.75, 3.05) is 16.8 Å². The van der Waals surface area contributed by atoms with Crippen LogP contribution in [-0.2, 0) is 9.59 Å². The van der Waals surface area contributed by atoms with Crippen LogP contribution in [-0.4, -0.2) is 30.3 Å². The third-order valence-electron chi connectivity index (χ3n) is 3.97. The molecule has 3 amide bonds. The number of nitrogens with zero attached hydrogens (tertiary/aromatic N) is 1. The first-order valence-electron chi connectivity index (χ1n) is 8.07. The summed E-state index contributed by atoms with van der Waals surface area (Å²) < 4.78 is 0. The summed E-state index contributed by atoms with van der Waals surface area (Å²) in [6.07, 6.45) is 0.270. The Morgan fingerprint density at radius 1 is 1.08 bits per heavy atom. The van der Waals surface area contributed by atoms with Crippen LogP contribution < -0.4 is 15.5 Å². The maximum atomic E-state index is 12.4. The molecule has 0 aromatic heterocycles. The van der Waals surface area contributed by atoms with Crippen molar-refractivity contribution in [3.63, 3.8) is 0 Å². The third kappa shape index (κ3) is 4.03. The molecule has 3 rings (SSSR count). The molecule has 6 nitrogen and oxygen atoms in total. The van der Waals surface area contributed by atoms with E-state index in [0.717, 1.165) is 5.69 Å². The Labute approximate surface area is 145 Å². The predicted molar refractivity (Wildman–Crippen MR) is 95.4 cm³/mol. The second-order valence-corrected chi connectivity index (χ2v) is 5.98. The number of amides is 3. The van der Waals surface area contributed by atoms with Crippen LogP contribution in [0.5, 0.6) is 0 Å². The van der Waals surface area contributed by atoms with Crippen molar-refractivity contribution >= 4 is 29.1 Å². The summed E-state index contributed by atoms with van der Waals surface area (Å²) in [5.74, 6) is -0.471. The zero-order chi connectivity index (χ0) is 17.8. The van der Waals surface area contributed by atoms with Crippen LogP contribution in [0, 0.1) is 0 Å². The first kappa shape index (κ1) is 16.7. The van der Waals surface area contributed by atoms with E-state index in [1.54, 1.807) is 29.2 Å². The first-order chi connectivity index (χ1) is 12.0. The predicted octanol–water partition coefficient (Wildman–Crippen LogP) is 2.18. The molecular formula is C19H19N3O3. The van der Waals surface area contributed by atoms with Gasteiger partial charge >= 0.3 is 0 Å². The summed E-state index contributed by atoms with van der Waals surface area (Å²) in [5.41, 5.74) is 1.84. The molecule has 0 spiro atoms. The second kappa shape index (κ2) is 7.17. The highest BCUT2D eigenvalue weighted by molar-refractivity contribution is 5.99. The lowest BCUT2D eigenvalue weighted by Gasteiger charge is -2.17.